The number of aliphatic hydroxyl groups is 1. The zero-order chi connectivity index (χ0) is 19.4. The number of carbonyl (C=O) groups excluding carboxylic acids is 1. The van der Waals surface area contributed by atoms with Gasteiger partial charge < -0.3 is 14.9 Å². The smallest absolute Gasteiger partial charge is 0.303 e. The average Bonchev–Trinajstić information content (AvgIpc) is 2.90. The Morgan fingerprint density at radius 2 is 1.81 bits per heavy atom. The van der Waals surface area contributed by atoms with Crippen LogP contribution in [0.15, 0.2) is 0 Å². The van der Waals surface area contributed by atoms with E-state index in [1.807, 2.05) is 0 Å². The number of hydrogen-bond donors (Lipinski definition) is 2. The summed E-state index contributed by atoms with van der Waals surface area (Å²) in [6, 6.07) is 0. The molecule has 0 aromatic carbocycles. The van der Waals surface area contributed by atoms with Crippen molar-refractivity contribution in [1.82, 2.24) is 0 Å². The summed E-state index contributed by atoms with van der Waals surface area (Å²) in [5.74, 6) is -0.00347. The molecule has 0 amide bonds. The quantitative estimate of drug-likeness (QED) is 0.419. The van der Waals surface area contributed by atoms with Gasteiger partial charge in [-0.2, -0.15) is 0 Å². The number of aliphatic carboxylic acids is 1. The molecule has 1 rings (SSSR count). The molecular formula is C21H38O5. The maximum Gasteiger partial charge on any atom is 0.303 e. The molecule has 0 saturated heterocycles. The first-order valence-electron chi connectivity index (χ1n) is 10.4. The summed E-state index contributed by atoms with van der Waals surface area (Å²) >= 11 is 0. The maximum absolute atomic E-state index is 12.4. The van der Waals surface area contributed by atoms with Gasteiger partial charge in [-0.25, -0.2) is 0 Å². The number of Topliss-reactive ketones (excluding diaryl/α,β-unsaturated/α-hetero) is 1. The lowest BCUT2D eigenvalue weighted by Gasteiger charge is -2.23. The summed E-state index contributed by atoms with van der Waals surface area (Å²) in [5.41, 5.74) is 0. The Morgan fingerprint density at radius 3 is 2.46 bits per heavy atom. The fourth-order valence-corrected chi connectivity index (χ4v) is 4.25. The van der Waals surface area contributed by atoms with Gasteiger partial charge in [0.1, 0.15) is 5.78 Å². The third-order valence-electron chi connectivity index (χ3n) is 5.72. The summed E-state index contributed by atoms with van der Waals surface area (Å²) in [5, 5.41) is 18.5. The van der Waals surface area contributed by atoms with Crippen molar-refractivity contribution in [3.8, 4) is 0 Å². The number of ketones is 1. The number of unbranched alkanes of at least 4 members (excludes halogenated alkanes) is 4. The minimum absolute atomic E-state index is 0.0417. The van der Waals surface area contributed by atoms with E-state index in [0.29, 0.717) is 18.1 Å². The summed E-state index contributed by atoms with van der Waals surface area (Å²) in [7, 11) is 1.70. The zero-order valence-electron chi connectivity index (χ0n) is 16.6. The third-order valence-corrected chi connectivity index (χ3v) is 5.72. The molecule has 1 saturated carbocycles. The van der Waals surface area contributed by atoms with Crippen LogP contribution in [-0.4, -0.2) is 41.3 Å². The number of rotatable bonds is 15. The summed E-state index contributed by atoms with van der Waals surface area (Å²) in [6.45, 7) is 2.09. The molecule has 1 fully saturated rings. The van der Waals surface area contributed by atoms with Crippen molar-refractivity contribution in [2.75, 3.05) is 7.11 Å². The molecule has 152 valence electrons. The van der Waals surface area contributed by atoms with Crippen LogP contribution in [0, 0.1) is 11.8 Å². The molecule has 0 aromatic rings. The molecule has 0 aromatic heterocycles. The molecule has 0 spiro atoms. The van der Waals surface area contributed by atoms with Crippen LogP contribution in [0.1, 0.15) is 90.4 Å². The van der Waals surface area contributed by atoms with Crippen LogP contribution >= 0.6 is 0 Å². The SMILES string of the molecule is CCCC(O)CCCC[C@H]1[C@H](OC)CC(=O)[C@@H]1CCCCCCC(=O)O. The van der Waals surface area contributed by atoms with Crippen molar-refractivity contribution in [3.63, 3.8) is 0 Å². The molecule has 26 heavy (non-hydrogen) atoms. The third kappa shape index (κ3) is 8.63. The van der Waals surface area contributed by atoms with Crippen molar-refractivity contribution in [3.05, 3.63) is 0 Å². The van der Waals surface area contributed by atoms with Crippen LogP contribution in [0.4, 0.5) is 0 Å². The molecule has 0 heterocycles. The number of carboxylic acids is 1. The van der Waals surface area contributed by atoms with Crippen LogP contribution in [-0.2, 0) is 14.3 Å². The van der Waals surface area contributed by atoms with Crippen LogP contribution in [0.5, 0.6) is 0 Å². The van der Waals surface area contributed by atoms with Crippen LogP contribution in [0.25, 0.3) is 0 Å². The lowest BCUT2D eigenvalue weighted by atomic mass is 9.85. The van der Waals surface area contributed by atoms with Gasteiger partial charge in [-0.1, -0.05) is 45.4 Å². The fourth-order valence-electron chi connectivity index (χ4n) is 4.25. The van der Waals surface area contributed by atoms with Crippen LogP contribution in [0.3, 0.4) is 0 Å². The number of hydrogen-bond acceptors (Lipinski definition) is 4. The first-order valence-corrected chi connectivity index (χ1v) is 10.4. The molecule has 0 aliphatic heterocycles. The van der Waals surface area contributed by atoms with Crippen LogP contribution < -0.4 is 0 Å². The van der Waals surface area contributed by atoms with Gasteiger partial charge in [0.2, 0.25) is 0 Å². The second kappa shape index (κ2) is 13.3. The minimum atomic E-state index is -0.733. The molecule has 2 N–H and O–H groups in total. The van der Waals surface area contributed by atoms with Crippen molar-refractivity contribution in [2.45, 2.75) is 103 Å². The first-order chi connectivity index (χ1) is 12.5. The number of ether oxygens (including phenoxy) is 1. The molecule has 1 unspecified atom stereocenters. The van der Waals surface area contributed by atoms with E-state index < -0.39 is 5.97 Å². The highest BCUT2D eigenvalue weighted by Gasteiger charge is 2.41. The largest absolute Gasteiger partial charge is 0.481 e. The summed E-state index contributed by atoms with van der Waals surface area (Å²) in [4.78, 5) is 22.9. The van der Waals surface area contributed by atoms with Crippen LogP contribution in [0.2, 0.25) is 0 Å². The molecule has 1 aliphatic carbocycles. The molecular weight excluding hydrogens is 332 g/mol. The highest BCUT2D eigenvalue weighted by Crippen LogP contribution is 2.38. The van der Waals surface area contributed by atoms with Crippen molar-refractivity contribution in [1.29, 1.82) is 0 Å². The van der Waals surface area contributed by atoms with E-state index in [9.17, 15) is 14.7 Å². The average molecular weight is 371 g/mol. The van der Waals surface area contributed by atoms with E-state index in [1.165, 1.54) is 0 Å². The van der Waals surface area contributed by atoms with Gasteiger partial charge in [0.05, 0.1) is 12.2 Å². The van der Waals surface area contributed by atoms with E-state index >= 15 is 0 Å². The van der Waals surface area contributed by atoms with E-state index in [0.717, 1.165) is 70.6 Å². The molecule has 5 heteroatoms. The minimum Gasteiger partial charge on any atom is -0.481 e. The fraction of sp³-hybridized carbons (Fsp3) is 0.905. The van der Waals surface area contributed by atoms with Crippen molar-refractivity contribution >= 4 is 11.8 Å². The van der Waals surface area contributed by atoms with Gasteiger partial charge in [-0.05, 0) is 38.0 Å². The Bertz CT molecular complexity index is 409. The van der Waals surface area contributed by atoms with Gasteiger partial charge >= 0.3 is 5.97 Å². The number of carbonyl (C=O) groups is 2. The molecule has 1 aliphatic rings. The maximum atomic E-state index is 12.4. The Kier molecular flexibility index (Phi) is 11.8. The Balaban J connectivity index is 2.33. The first kappa shape index (κ1) is 23.1. The second-order valence-corrected chi connectivity index (χ2v) is 7.79. The van der Waals surface area contributed by atoms with Gasteiger partial charge in [0.25, 0.3) is 0 Å². The van der Waals surface area contributed by atoms with E-state index in [2.05, 4.69) is 6.92 Å². The highest BCUT2D eigenvalue weighted by molar-refractivity contribution is 5.84. The topological polar surface area (TPSA) is 83.8 Å². The predicted octanol–water partition coefficient (Wildman–Crippen LogP) is 4.35. The molecule has 5 nitrogen and oxygen atoms in total. The van der Waals surface area contributed by atoms with Crippen molar-refractivity contribution in [2.24, 2.45) is 11.8 Å². The zero-order valence-corrected chi connectivity index (χ0v) is 16.6. The van der Waals surface area contributed by atoms with E-state index in [-0.39, 0.29) is 24.5 Å². The Labute approximate surface area is 158 Å². The van der Waals surface area contributed by atoms with Gasteiger partial charge in [0.15, 0.2) is 0 Å². The van der Waals surface area contributed by atoms with Gasteiger partial charge in [-0.3, -0.25) is 9.59 Å². The molecule has 0 radical (unpaired) electrons. The monoisotopic (exact) mass is 370 g/mol. The Morgan fingerprint density at radius 1 is 1.12 bits per heavy atom. The number of methoxy groups -OCH3 is 1. The predicted molar refractivity (Wildman–Crippen MR) is 102 cm³/mol. The number of aliphatic hydroxyl groups excluding tert-OH is 1. The number of carboxylic acid groups (broad SMARTS) is 1. The molecule has 4 atom stereocenters. The van der Waals surface area contributed by atoms with Gasteiger partial charge in [-0.15, -0.1) is 0 Å². The van der Waals surface area contributed by atoms with Crippen molar-refractivity contribution < 1.29 is 24.5 Å². The second-order valence-electron chi connectivity index (χ2n) is 7.79. The molecule has 0 bridgehead atoms. The van der Waals surface area contributed by atoms with E-state index in [1.54, 1.807) is 7.11 Å². The lowest BCUT2D eigenvalue weighted by molar-refractivity contribution is -0.137. The standard InChI is InChI=1S/C21H38O5/c1-3-10-16(22)11-8-9-13-18-17(19(23)15-20(18)26-2)12-6-4-5-7-14-21(24)25/h16-18,20,22H,3-15H2,1-2H3,(H,24,25)/t16?,17-,18-,20-/m1/s1. The van der Waals surface area contributed by atoms with E-state index in [4.69, 9.17) is 9.84 Å². The summed E-state index contributed by atoms with van der Waals surface area (Å²) < 4.78 is 5.58. The van der Waals surface area contributed by atoms with Gasteiger partial charge in [0, 0.05) is 25.9 Å². The normalized spacial score (nSPS) is 24.1. The Hall–Kier alpha value is -0.940. The lowest BCUT2D eigenvalue weighted by Crippen LogP contribution is -2.22. The highest BCUT2D eigenvalue weighted by atomic mass is 16.5. The summed E-state index contributed by atoms with van der Waals surface area (Å²) in [6.07, 6.45) is 10.9.